The van der Waals surface area contributed by atoms with Crippen LogP contribution in [0.5, 0.6) is 11.5 Å². The summed E-state index contributed by atoms with van der Waals surface area (Å²) in [6.07, 6.45) is 0. The van der Waals surface area contributed by atoms with Crippen molar-refractivity contribution in [2.75, 3.05) is 0 Å². The van der Waals surface area contributed by atoms with Crippen molar-refractivity contribution in [2.24, 2.45) is 0 Å². The summed E-state index contributed by atoms with van der Waals surface area (Å²) in [5.41, 5.74) is 6.68. The molecule has 254 valence electrons. The van der Waals surface area contributed by atoms with Crippen molar-refractivity contribution in [2.45, 2.75) is 5.41 Å². The zero-order valence-electron chi connectivity index (χ0n) is 28.9. The summed E-state index contributed by atoms with van der Waals surface area (Å²) in [7, 11) is -3.35. The quantitative estimate of drug-likeness (QED) is 0.166. The molecule has 54 heavy (non-hydrogen) atoms. The van der Waals surface area contributed by atoms with Crippen LogP contribution in [-0.4, -0.2) is 4.57 Å². The van der Waals surface area contributed by atoms with E-state index in [0.29, 0.717) is 0 Å². The SMILES string of the molecule is O=P1(c2ccccc2)c2ccccc2C2(c3ccccc3Oc3cc(-n4c5ccccc5c5ccccc54)ccc32)c2cc3c(cc21)sc1ccccc13. The van der Waals surface area contributed by atoms with Crippen LogP contribution >= 0.6 is 18.5 Å². The van der Waals surface area contributed by atoms with Gasteiger partial charge in [0, 0.05) is 69.7 Å². The number of aromatic nitrogens is 1. The summed E-state index contributed by atoms with van der Waals surface area (Å²) in [6.45, 7) is 0. The first-order valence-corrected chi connectivity index (χ1v) is 20.8. The van der Waals surface area contributed by atoms with Gasteiger partial charge in [0.15, 0.2) is 7.14 Å². The van der Waals surface area contributed by atoms with Crippen molar-refractivity contribution in [3.05, 3.63) is 204 Å². The van der Waals surface area contributed by atoms with Gasteiger partial charge >= 0.3 is 0 Å². The first-order valence-electron chi connectivity index (χ1n) is 18.3. The van der Waals surface area contributed by atoms with E-state index in [0.717, 1.165) is 71.1 Å². The van der Waals surface area contributed by atoms with Crippen molar-refractivity contribution >= 4 is 76.4 Å². The standard InChI is InChI=1S/C49H30NO2PS/c51-53(32-14-2-1-3-15-32)45-24-12-8-20-39(45)49(40-29-36-35-18-6-13-25-47(35)54-48(36)30-46(40)53)37-19-7-11-23-43(37)52-44-28-31(26-27-38(44)49)50-41-21-9-4-16-33(41)34-17-5-10-22-42(34)50/h1-30H. The molecule has 2 aromatic heterocycles. The van der Waals surface area contributed by atoms with E-state index in [1.165, 1.54) is 26.2 Å². The first kappa shape index (κ1) is 30.3. The van der Waals surface area contributed by atoms with E-state index in [1.807, 2.05) is 36.4 Å². The molecule has 3 nitrogen and oxygen atoms in total. The molecule has 0 fully saturated rings. The van der Waals surface area contributed by atoms with Gasteiger partial charge in [-0.3, -0.25) is 0 Å². The fourth-order valence-electron chi connectivity index (χ4n) is 9.53. The maximum Gasteiger partial charge on any atom is 0.171 e. The predicted octanol–water partition coefficient (Wildman–Crippen LogP) is 11.6. The number of fused-ring (bicyclic) bond motifs is 14. The molecule has 2 atom stereocenters. The van der Waals surface area contributed by atoms with Crippen LogP contribution < -0.4 is 20.7 Å². The van der Waals surface area contributed by atoms with Crippen LogP contribution in [-0.2, 0) is 9.98 Å². The van der Waals surface area contributed by atoms with Gasteiger partial charge in [-0.15, -0.1) is 11.3 Å². The largest absolute Gasteiger partial charge is 0.457 e. The molecule has 2 unspecified atom stereocenters. The molecule has 2 aliphatic heterocycles. The highest BCUT2D eigenvalue weighted by atomic mass is 32.1. The Morgan fingerprint density at radius 2 is 1.09 bits per heavy atom. The molecule has 10 aromatic rings. The molecule has 0 bridgehead atoms. The van der Waals surface area contributed by atoms with Gasteiger partial charge in [0.1, 0.15) is 11.5 Å². The molecule has 12 rings (SSSR count). The third kappa shape index (κ3) is 3.79. The number of nitrogens with zero attached hydrogens (tertiary/aromatic N) is 1. The second-order valence-electron chi connectivity index (χ2n) is 14.3. The molecule has 0 aliphatic carbocycles. The third-order valence-electron chi connectivity index (χ3n) is 11.7. The van der Waals surface area contributed by atoms with Crippen molar-refractivity contribution in [1.82, 2.24) is 4.57 Å². The zero-order chi connectivity index (χ0) is 35.6. The molecule has 2 aliphatic rings. The van der Waals surface area contributed by atoms with Gasteiger partial charge in [-0.2, -0.15) is 0 Å². The highest BCUT2D eigenvalue weighted by molar-refractivity contribution is 7.85. The van der Waals surface area contributed by atoms with Crippen LogP contribution in [0.1, 0.15) is 22.3 Å². The molecule has 5 heteroatoms. The van der Waals surface area contributed by atoms with Gasteiger partial charge in [0.2, 0.25) is 0 Å². The van der Waals surface area contributed by atoms with E-state index in [2.05, 4.69) is 150 Å². The van der Waals surface area contributed by atoms with E-state index in [1.54, 1.807) is 11.3 Å². The Labute approximate surface area is 315 Å². The minimum Gasteiger partial charge on any atom is -0.457 e. The summed E-state index contributed by atoms with van der Waals surface area (Å²) in [5, 5.41) is 7.43. The smallest absolute Gasteiger partial charge is 0.171 e. The third-order valence-corrected chi connectivity index (χ3v) is 16.0. The Balaban J connectivity index is 1.24. The van der Waals surface area contributed by atoms with Gasteiger partial charge in [-0.1, -0.05) is 133 Å². The Morgan fingerprint density at radius 3 is 1.89 bits per heavy atom. The van der Waals surface area contributed by atoms with Crippen LogP contribution in [0, 0.1) is 0 Å². The number of benzene rings is 8. The minimum absolute atomic E-state index is 0.792. The van der Waals surface area contributed by atoms with Crippen molar-refractivity contribution in [3.63, 3.8) is 0 Å². The molecule has 1 spiro atoms. The predicted molar refractivity (Wildman–Crippen MR) is 225 cm³/mol. The van der Waals surface area contributed by atoms with E-state index >= 15 is 4.57 Å². The summed E-state index contributed by atoms with van der Waals surface area (Å²) in [4.78, 5) is 0. The van der Waals surface area contributed by atoms with Gasteiger partial charge in [0.25, 0.3) is 0 Å². The van der Waals surface area contributed by atoms with E-state index in [9.17, 15) is 0 Å². The molecule has 0 N–H and O–H groups in total. The van der Waals surface area contributed by atoms with Gasteiger partial charge in [-0.05, 0) is 53.6 Å². The van der Waals surface area contributed by atoms with Crippen LogP contribution in [0.2, 0.25) is 0 Å². The molecule has 4 heterocycles. The van der Waals surface area contributed by atoms with E-state index < -0.39 is 12.6 Å². The minimum atomic E-state index is -3.35. The molecule has 8 aromatic carbocycles. The molecule has 0 saturated carbocycles. The monoisotopic (exact) mass is 727 g/mol. The number of para-hydroxylation sites is 3. The fourth-order valence-corrected chi connectivity index (χ4v) is 13.9. The normalized spacial score (nSPS) is 18.4. The number of rotatable bonds is 2. The maximum absolute atomic E-state index is 16.4. The summed E-state index contributed by atoms with van der Waals surface area (Å²) in [6, 6.07) is 64.1. The topological polar surface area (TPSA) is 31.2 Å². The molecular weight excluding hydrogens is 698 g/mol. The van der Waals surface area contributed by atoms with E-state index in [4.69, 9.17) is 4.74 Å². The number of hydrogen-bond acceptors (Lipinski definition) is 3. The Bertz CT molecular complexity index is 3200. The lowest BCUT2D eigenvalue weighted by atomic mass is 9.63. The van der Waals surface area contributed by atoms with E-state index in [-0.39, 0.29) is 0 Å². The first-order chi connectivity index (χ1) is 26.7. The Kier molecular flexibility index (Phi) is 6.13. The summed E-state index contributed by atoms with van der Waals surface area (Å²) >= 11 is 1.77. The van der Waals surface area contributed by atoms with Gasteiger partial charge in [0.05, 0.1) is 16.4 Å². The number of ether oxygens (including phenoxy) is 1. The lowest BCUT2D eigenvalue weighted by Gasteiger charge is -2.47. The van der Waals surface area contributed by atoms with Crippen LogP contribution in [0.4, 0.5) is 0 Å². The molecule has 0 saturated heterocycles. The van der Waals surface area contributed by atoms with Gasteiger partial charge in [-0.25, -0.2) is 0 Å². The average Bonchev–Trinajstić information content (AvgIpc) is 3.77. The second kappa shape index (κ2) is 10.9. The summed E-state index contributed by atoms with van der Waals surface area (Å²) < 4.78 is 28.1. The molecule has 0 radical (unpaired) electrons. The van der Waals surface area contributed by atoms with Crippen LogP contribution in [0.15, 0.2) is 182 Å². The Morgan fingerprint density at radius 1 is 0.463 bits per heavy atom. The van der Waals surface area contributed by atoms with Crippen LogP contribution in [0.25, 0.3) is 47.7 Å². The second-order valence-corrected chi connectivity index (χ2v) is 18.1. The lowest BCUT2D eigenvalue weighted by molar-refractivity contribution is 0.435. The van der Waals surface area contributed by atoms with Gasteiger partial charge < -0.3 is 13.9 Å². The Hall–Kier alpha value is -6.19. The molecular formula is C49H30NO2PS. The lowest BCUT2D eigenvalue weighted by Crippen LogP contribution is -2.47. The van der Waals surface area contributed by atoms with Crippen molar-refractivity contribution in [1.29, 1.82) is 0 Å². The summed E-state index contributed by atoms with van der Waals surface area (Å²) in [5.74, 6) is 1.59. The highest BCUT2D eigenvalue weighted by Gasteiger charge is 2.54. The molecule has 0 amide bonds. The average molecular weight is 728 g/mol. The highest BCUT2D eigenvalue weighted by Crippen LogP contribution is 2.62. The number of thiophene rings is 1. The van der Waals surface area contributed by atoms with Crippen molar-refractivity contribution < 1.29 is 9.30 Å². The number of hydrogen-bond donors (Lipinski definition) is 0. The maximum atomic E-state index is 16.4. The van der Waals surface area contributed by atoms with Crippen LogP contribution in [0.3, 0.4) is 0 Å². The van der Waals surface area contributed by atoms with Crippen molar-refractivity contribution in [3.8, 4) is 17.2 Å². The zero-order valence-corrected chi connectivity index (χ0v) is 30.7. The fraction of sp³-hybridized carbons (Fsp3) is 0.0204.